The normalized spacial score (nSPS) is 18.6. The molecule has 0 aliphatic heterocycles. The molecular weight excluding hydrogens is 337 g/mol. The van der Waals surface area contributed by atoms with E-state index in [-0.39, 0.29) is 24.0 Å². The highest BCUT2D eigenvalue weighted by atomic mass is 127. The van der Waals surface area contributed by atoms with Gasteiger partial charge in [0.2, 0.25) is 0 Å². The Hall–Kier alpha value is 0. The molecule has 3 nitrogen and oxygen atoms in total. The fraction of sp³-hybridized carbons (Fsp3) is 0.929. The Labute approximate surface area is 130 Å². The van der Waals surface area contributed by atoms with Crippen molar-refractivity contribution in [1.29, 1.82) is 0 Å². The molecular formula is C14H30IN3. The summed E-state index contributed by atoms with van der Waals surface area (Å²) in [6.07, 6.45) is 6.88. The topological polar surface area (TPSA) is 36.4 Å². The van der Waals surface area contributed by atoms with Crippen molar-refractivity contribution in [3.05, 3.63) is 0 Å². The maximum atomic E-state index is 4.24. The van der Waals surface area contributed by atoms with Gasteiger partial charge >= 0.3 is 0 Å². The number of nitrogens with zero attached hydrogens (tertiary/aromatic N) is 1. The Morgan fingerprint density at radius 3 is 2.28 bits per heavy atom. The summed E-state index contributed by atoms with van der Waals surface area (Å²) in [5.74, 6) is 1.73. The number of halogens is 1. The van der Waals surface area contributed by atoms with E-state index >= 15 is 0 Å². The molecule has 2 N–H and O–H groups in total. The van der Waals surface area contributed by atoms with E-state index in [0.717, 1.165) is 25.0 Å². The molecule has 0 aromatic carbocycles. The molecule has 1 saturated carbocycles. The molecule has 1 rings (SSSR count). The molecule has 0 unspecified atom stereocenters. The van der Waals surface area contributed by atoms with Crippen molar-refractivity contribution in [3.63, 3.8) is 0 Å². The molecule has 0 atom stereocenters. The number of hydrogen-bond donors (Lipinski definition) is 2. The van der Waals surface area contributed by atoms with Crippen LogP contribution in [0.5, 0.6) is 0 Å². The average molecular weight is 367 g/mol. The van der Waals surface area contributed by atoms with Crippen molar-refractivity contribution in [2.75, 3.05) is 20.1 Å². The second-order valence-electron chi connectivity index (χ2n) is 5.76. The van der Waals surface area contributed by atoms with Gasteiger partial charge in [0, 0.05) is 20.1 Å². The molecule has 1 aliphatic carbocycles. The summed E-state index contributed by atoms with van der Waals surface area (Å²) in [5.41, 5.74) is 0.513. The monoisotopic (exact) mass is 367 g/mol. The van der Waals surface area contributed by atoms with Gasteiger partial charge in [0.15, 0.2) is 5.96 Å². The molecule has 0 spiro atoms. The standard InChI is InChI=1S/C14H29N3.HI/c1-5-16-13(15-4)17-11-14(10-12(2)3)8-6-7-9-14;/h12H,5-11H2,1-4H3,(H2,15,16,17);1H. The summed E-state index contributed by atoms with van der Waals surface area (Å²) in [4.78, 5) is 4.24. The van der Waals surface area contributed by atoms with E-state index in [2.05, 4.69) is 36.4 Å². The zero-order valence-corrected chi connectivity index (χ0v) is 14.7. The third kappa shape index (κ3) is 5.76. The van der Waals surface area contributed by atoms with E-state index in [9.17, 15) is 0 Å². The van der Waals surface area contributed by atoms with Crippen LogP contribution < -0.4 is 10.6 Å². The lowest BCUT2D eigenvalue weighted by molar-refractivity contribution is 0.235. The molecule has 4 heteroatoms. The number of aliphatic imine (C=N–C) groups is 1. The summed E-state index contributed by atoms with van der Waals surface area (Å²) in [6, 6.07) is 0. The SMILES string of the molecule is CCNC(=NC)NCC1(CC(C)C)CCCC1.I. The van der Waals surface area contributed by atoms with E-state index in [1.54, 1.807) is 0 Å². The van der Waals surface area contributed by atoms with Gasteiger partial charge in [-0.1, -0.05) is 26.7 Å². The third-order valence-electron chi connectivity index (χ3n) is 3.70. The van der Waals surface area contributed by atoms with Crippen LogP contribution in [0.15, 0.2) is 4.99 Å². The smallest absolute Gasteiger partial charge is 0.190 e. The highest BCUT2D eigenvalue weighted by Crippen LogP contribution is 2.42. The van der Waals surface area contributed by atoms with Crippen LogP contribution in [0, 0.1) is 11.3 Å². The van der Waals surface area contributed by atoms with Crippen molar-refractivity contribution in [1.82, 2.24) is 10.6 Å². The molecule has 18 heavy (non-hydrogen) atoms. The molecule has 0 bridgehead atoms. The van der Waals surface area contributed by atoms with Gasteiger partial charge in [0.25, 0.3) is 0 Å². The molecule has 108 valence electrons. The van der Waals surface area contributed by atoms with Gasteiger partial charge in [-0.15, -0.1) is 24.0 Å². The van der Waals surface area contributed by atoms with Crippen molar-refractivity contribution in [2.45, 2.75) is 52.9 Å². The van der Waals surface area contributed by atoms with E-state index in [0.29, 0.717) is 5.41 Å². The minimum Gasteiger partial charge on any atom is -0.357 e. The summed E-state index contributed by atoms with van der Waals surface area (Å²) >= 11 is 0. The molecule has 0 saturated heterocycles. The fourth-order valence-electron chi connectivity index (χ4n) is 3.10. The summed E-state index contributed by atoms with van der Waals surface area (Å²) in [7, 11) is 1.84. The quantitative estimate of drug-likeness (QED) is 0.444. The van der Waals surface area contributed by atoms with Crippen LogP contribution in [0.4, 0.5) is 0 Å². The molecule has 0 amide bonds. The van der Waals surface area contributed by atoms with E-state index in [1.807, 2.05) is 7.05 Å². The Bertz CT molecular complexity index is 245. The number of hydrogen-bond acceptors (Lipinski definition) is 1. The van der Waals surface area contributed by atoms with E-state index in [1.165, 1.54) is 32.1 Å². The lowest BCUT2D eigenvalue weighted by Crippen LogP contribution is -2.43. The zero-order valence-electron chi connectivity index (χ0n) is 12.4. The Morgan fingerprint density at radius 1 is 1.22 bits per heavy atom. The van der Waals surface area contributed by atoms with Gasteiger partial charge < -0.3 is 10.6 Å². The van der Waals surface area contributed by atoms with Crippen molar-refractivity contribution in [2.24, 2.45) is 16.3 Å². The first-order valence-corrected chi connectivity index (χ1v) is 7.06. The highest BCUT2D eigenvalue weighted by molar-refractivity contribution is 14.0. The predicted octanol–water partition coefficient (Wildman–Crippen LogP) is 3.40. The largest absolute Gasteiger partial charge is 0.357 e. The summed E-state index contributed by atoms with van der Waals surface area (Å²) in [5, 5.41) is 6.76. The first-order chi connectivity index (χ1) is 8.12. The van der Waals surface area contributed by atoms with Crippen LogP contribution in [0.2, 0.25) is 0 Å². The first kappa shape index (κ1) is 18.0. The molecule has 1 aliphatic rings. The van der Waals surface area contributed by atoms with Crippen LogP contribution in [-0.4, -0.2) is 26.1 Å². The van der Waals surface area contributed by atoms with E-state index in [4.69, 9.17) is 0 Å². The molecule has 0 aromatic heterocycles. The van der Waals surface area contributed by atoms with Crippen LogP contribution >= 0.6 is 24.0 Å². The zero-order chi connectivity index (χ0) is 12.7. The average Bonchev–Trinajstić information content (AvgIpc) is 2.72. The van der Waals surface area contributed by atoms with Gasteiger partial charge in [0.05, 0.1) is 0 Å². The first-order valence-electron chi connectivity index (χ1n) is 7.06. The second-order valence-corrected chi connectivity index (χ2v) is 5.76. The lowest BCUT2D eigenvalue weighted by atomic mass is 9.78. The molecule has 1 fully saturated rings. The maximum absolute atomic E-state index is 4.24. The molecule has 0 heterocycles. The van der Waals surface area contributed by atoms with Crippen molar-refractivity contribution < 1.29 is 0 Å². The van der Waals surface area contributed by atoms with Gasteiger partial charge in [-0.25, -0.2) is 0 Å². The molecule has 0 aromatic rings. The van der Waals surface area contributed by atoms with Crippen molar-refractivity contribution >= 4 is 29.9 Å². The van der Waals surface area contributed by atoms with Gasteiger partial charge in [-0.3, -0.25) is 4.99 Å². The fourth-order valence-corrected chi connectivity index (χ4v) is 3.10. The van der Waals surface area contributed by atoms with Crippen LogP contribution in [-0.2, 0) is 0 Å². The third-order valence-corrected chi connectivity index (χ3v) is 3.70. The lowest BCUT2D eigenvalue weighted by Gasteiger charge is -2.31. The van der Waals surface area contributed by atoms with Gasteiger partial charge in [0.1, 0.15) is 0 Å². The predicted molar refractivity (Wildman–Crippen MR) is 90.8 cm³/mol. The summed E-state index contributed by atoms with van der Waals surface area (Å²) < 4.78 is 0. The number of guanidine groups is 1. The van der Waals surface area contributed by atoms with Crippen LogP contribution in [0.3, 0.4) is 0 Å². The molecule has 0 radical (unpaired) electrons. The minimum absolute atomic E-state index is 0. The second kappa shape index (κ2) is 8.99. The van der Waals surface area contributed by atoms with Crippen molar-refractivity contribution in [3.8, 4) is 0 Å². The number of rotatable bonds is 5. The Balaban J connectivity index is 0.00000289. The number of nitrogens with one attached hydrogen (secondary N) is 2. The van der Waals surface area contributed by atoms with Gasteiger partial charge in [-0.05, 0) is 37.5 Å². The Kier molecular flexibility index (Phi) is 8.99. The maximum Gasteiger partial charge on any atom is 0.190 e. The highest BCUT2D eigenvalue weighted by Gasteiger charge is 2.34. The van der Waals surface area contributed by atoms with Crippen LogP contribution in [0.1, 0.15) is 52.9 Å². The van der Waals surface area contributed by atoms with Crippen LogP contribution in [0.25, 0.3) is 0 Å². The minimum atomic E-state index is 0. The van der Waals surface area contributed by atoms with Gasteiger partial charge in [-0.2, -0.15) is 0 Å². The summed E-state index contributed by atoms with van der Waals surface area (Å²) in [6.45, 7) is 8.77. The Morgan fingerprint density at radius 2 is 1.83 bits per heavy atom. The van der Waals surface area contributed by atoms with E-state index < -0.39 is 0 Å².